The fourth-order valence-electron chi connectivity index (χ4n) is 1.29. The van der Waals surface area contributed by atoms with E-state index in [4.69, 9.17) is 15.0 Å². The first-order chi connectivity index (χ1) is 8.04. The van der Waals surface area contributed by atoms with E-state index in [2.05, 4.69) is 10.1 Å². The van der Waals surface area contributed by atoms with E-state index in [0.29, 0.717) is 11.7 Å². The zero-order valence-corrected chi connectivity index (χ0v) is 10.8. The number of nitrogens with two attached hydrogens (primary N) is 1. The van der Waals surface area contributed by atoms with Crippen LogP contribution in [0.4, 0.5) is 0 Å². The van der Waals surface area contributed by atoms with Crippen LogP contribution in [0.25, 0.3) is 0 Å². The molecule has 2 N–H and O–H groups in total. The molecular formula is C11H15N3O2S. The SMILES string of the molecule is COC(C)(C)c1noc(C(N)c2cccs2)n1. The molecule has 1 unspecified atom stereocenters. The van der Waals surface area contributed by atoms with Crippen molar-refractivity contribution in [2.45, 2.75) is 25.5 Å². The molecule has 0 spiro atoms. The molecule has 0 bridgehead atoms. The molecule has 2 aromatic heterocycles. The number of ether oxygens (including phenoxy) is 1. The predicted molar refractivity (Wildman–Crippen MR) is 64.7 cm³/mol. The zero-order chi connectivity index (χ0) is 12.5. The van der Waals surface area contributed by atoms with Crippen LogP contribution in [0, 0.1) is 0 Å². The van der Waals surface area contributed by atoms with Crippen molar-refractivity contribution in [3.8, 4) is 0 Å². The molecule has 0 aliphatic carbocycles. The minimum Gasteiger partial charge on any atom is -0.371 e. The highest BCUT2D eigenvalue weighted by Gasteiger charge is 2.28. The summed E-state index contributed by atoms with van der Waals surface area (Å²) in [6, 6.07) is 3.51. The van der Waals surface area contributed by atoms with Crippen LogP contribution in [0.15, 0.2) is 22.0 Å². The Labute approximate surface area is 104 Å². The monoisotopic (exact) mass is 253 g/mol. The van der Waals surface area contributed by atoms with Crippen LogP contribution >= 0.6 is 11.3 Å². The van der Waals surface area contributed by atoms with E-state index in [1.165, 1.54) is 0 Å². The molecule has 0 saturated heterocycles. The fraction of sp³-hybridized carbons (Fsp3) is 0.455. The second-order valence-electron chi connectivity index (χ2n) is 4.16. The molecule has 1 atom stereocenters. The lowest BCUT2D eigenvalue weighted by atomic mass is 10.1. The summed E-state index contributed by atoms with van der Waals surface area (Å²) >= 11 is 1.56. The number of nitrogens with zero attached hydrogens (tertiary/aromatic N) is 2. The second kappa shape index (κ2) is 4.56. The predicted octanol–water partition coefficient (Wildman–Crippen LogP) is 2.06. The first-order valence-corrected chi connectivity index (χ1v) is 6.11. The molecule has 6 heteroatoms. The number of aromatic nitrogens is 2. The lowest BCUT2D eigenvalue weighted by molar-refractivity contribution is 0.00973. The number of rotatable bonds is 4. The Morgan fingerprint density at radius 3 is 2.88 bits per heavy atom. The summed E-state index contributed by atoms with van der Waals surface area (Å²) in [7, 11) is 1.61. The van der Waals surface area contributed by atoms with Gasteiger partial charge in [-0.1, -0.05) is 11.2 Å². The number of hydrogen-bond donors (Lipinski definition) is 1. The summed E-state index contributed by atoms with van der Waals surface area (Å²) in [5, 5.41) is 5.87. The van der Waals surface area contributed by atoms with Gasteiger partial charge in [-0.05, 0) is 25.3 Å². The summed E-state index contributed by atoms with van der Waals surface area (Å²) in [5.41, 5.74) is 5.46. The van der Waals surface area contributed by atoms with Crippen molar-refractivity contribution < 1.29 is 9.26 Å². The summed E-state index contributed by atoms with van der Waals surface area (Å²) in [4.78, 5) is 5.28. The maximum Gasteiger partial charge on any atom is 0.249 e. The molecule has 0 radical (unpaired) electrons. The summed E-state index contributed by atoms with van der Waals surface area (Å²) in [6.45, 7) is 3.75. The highest BCUT2D eigenvalue weighted by molar-refractivity contribution is 7.10. The van der Waals surface area contributed by atoms with Gasteiger partial charge in [0, 0.05) is 12.0 Å². The molecule has 2 heterocycles. The third-order valence-corrected chi connectivity index (χ3v) is 3.56. The van der Waals surface area contributed by atoms with Crippen molar-refractivity contribution in [2.75, 3.05) is 7.11 Å². The highest BCUT2D eigenvalue weighted by atomic mass is 32.1. The van der Waals surface area contributed by atoms with Crippen LogP contribution in [-0.2, 0) is 10.3 Å². The highest BCUT2D eigenvalue weighted by Crippen LogP contribution is 2.25. The Hall–Kier alpha value is -1.24. The first-order valence-electron chi connectivity index (χ1n) is 5.23. The molecular weight excluding hydrogens is 238 g/mol. The maximum atomic E-state index is 6.03. The Bertz CT molecular complexity index is 479. The topological polar surface area (TPSA) is 74.2 Å². The largest absolute Gasteiger partial charge is 0.371 e. The van der Waals surface area contributed by atoms with Crippen LogP contribution in [0.2, 0.25) is 0 Å². The van der Waals surface area contributed by atoms with Gasteiger partial charge in [-0.2, -0.15) is 4.98 Å². The number of methoxy groups -OCH3 is 1. The van der Waals surface area contributed by atoms with Gasteiger partial charge in [0.15, 0.2) is 0 Å². The van der Waals surface area contributed by atoms with E-state index >= 15 is 0 Å². The standard InChI is InChI=1S/C11H15N3O2S/c1-11(2,15-3)10-13-9(16-14-10)8(12)7-5-4-6-17-7/h4-6,8H,12H2,1-3H3. The van der Waals surface area contributed by atoms with Gasteiger partial charge in [-0.25, -0.2) is 0 Å². The van der Waals surface area contributed by atoms with Crippen molar-refractivity contribution in [3.05, 3.63) is 34.1 Å². The summed E-state index contributed by atoms with van der Waals surface area (Å²) < 4.78 is 10.5. The molecule has 0 aliphatic rings. The van der Waals surface area contributed by atoms with Gasteiger partial charge in [0.2, 0.25) is 11.7 Å². The quantitative estimate of drug-likeness (QED) is 0.902. The number of thiophene rings is 1. The second-order valence-corrected chi connectivity index (χ2v) is 5.14. The van der Waals surface area contributed by atoms with Gasteiger partial charge in [0.05, 0.1) is 0 Å². The molecule has 0 aromatic carbocycles. The van der Waals surface area contributed by atoms with Crippen molar-refractivity contribution >= 4 is 11.3 Å². The van der Waals surface area contributed by atoms with Gasteiger partial charge in [0.1, 0.15) is 11.6 Å². The average Bonchev–Trinajstić information content (AvgIpc) is 2.99. The third-order valence-electron chi connectivity index (χ3n) is 2.61. The molecule has 0 aliphatic heterocycles. The zero-order valence-electron chi connectivity index (χ0n) is 10.0. The van der Waals surface area contributed by atoms with Crippen LogP contribution in [0.3, 0.4) is 0 Å². The van der Waals surface area contributed by atoms with Gasteiger partial charge in [-0.3, -0.25) is 0 Å². The molecule has 2 rings (SSSR count). The van der Waals surface area contributed by atoms with E-state index in [0.717, 1.165) is 4.88 Å². The summed E-state index contributed by atoms with van der Waals surface area (Å²) in [6.07, 6.45) is 0. The van der Waals surface area contributed by atoms with E-state index in [1.54, 1.807) is 18.4 Å². The molecule has 92 valence electrons. The van der Waals surface area contributed by atoms with Gasteiger partial charge in [0.25, 0.3) is 0 Å². The van der Waals surface area contributed by atoms with E-state index in [1.807, 2.05) is 31.4 Å². The number of hydrogen-bond acceptors (Lipinski definition) is 6. The van der Waals surface area contributed by atoms with Crippen molar-refractivity contribution in [1.29, 1.82) is 0 Å². The van der Waals surface area contributed by atoms with Crippen molar-refractivity contribution in [3.63, 3.8) is 0 Å². The molecule has 0 saturated carbocycles. The summed E-state index contributed by atoms with van der Waals surface area (Å²) in [5.74, 6) is 0.912. The van der Waals surface area contributed by atoms with Gasteiger partial charge >= 0.3 is 0 Å². The lowest BCUT2D eigenvalue weighted by Crippen LogP contribution is -2.21. The first kappa shape index (κ1) is 12.2. The van der Waals surface area contributed by atoms with Crippen LogP contribution in [0.5, 0.6) is 0 Å². The minimum atomic E-state index is -0.573. The van der Waals surface area contributed by atoms with E-state index < -0.39 is 5.60 Å². The molecule has 2 aromatic rings. The Morgan fingerprint density at radius 1 is 1.53 bits per heavy atom. The Morgan fingerprint density at radius 2 is 2.29 bits per heavy atom. The van der Waals surface area contributed by atoms with Gasteiger partial charge in [-0.15, -0.1) is 11.3 Å². The minimum absolute atomic E-state index is 0.371. The van der Waals surface area contributed by atoms with E-state index in [-0.39, 0.29) is 6.04 Å². The fourth-order valence-corrected chi connectivity index (χ4v) is 2.01. The molecule has 5 nitrogen and oxygen atoms in total. The average molecular weight is 253 g/mol. The molecule has 17 heavy (non-hydrogen) atoms. The Kier molecular flexibility index (Phi) is 3.28. The van der Waals surface area contributed by atoms with E-state index in [9.17, 15) is 0 Å². The maximum absolute atomic E-state index is 6.03. The van der Waals surface area contributed by atoms with Crippen LogP contribution < -0.4 is 5.73 Å². The molecule has 0 fully saturated rings. The van der Waals surface area contributed by atoms with Gasteiger partial charge < -0.3 is 15.0 Å². The Balaban J connectivity index is 2.24. The normalized spacial score (nSPS) is 13.9. The lowest BCUT2D eigenvalue weighted by Gasteiger charge is -2.17. The van der Waals surface area contributed by atoms with Crippen molar-refractivity contribution in [2.24, 2.45) is 5.73 Å². The third kappa shape index (κ3) is 2.38. The van der Waals surface area contributed by atoms with Crippen LogP contribution in [0.1, 0.15) is 36.5 Å². The smallest absolute Gasteiger partial charge is 0.249 e. The van der Waals surface area contributed by atoms with Crippen molar-refractivity contribution in [1.82, 2.24) is 10.1 Å². The van der Waals surface area contributed by atoms with Crippen LogP contribution in [-0.4, -0.2) is 17.3 Å². The molecule has 0 amide bonds.